The van der Waals surface area contributed by atoms with Crippen molar-refractivity contribution in [3.63, 3.8) is 0 Å². The standard InChI is InChI=1S/C43H65N11O12S2/c1-5-23(4)36-42(65)49-26(12-13-32(44)56)38(61)50-29(19-33(45)57)39(62)52-30(21-68-67-16-14-35(59)48-28(40(63)53-36)18-24-8-10-25(55)11-9-24)43(66)54-15-6-7-31(54)41(64)51-27(17-22(2)3)37(60)47-20-34(46)58/h8-11,22-23,26-31,36,55H,5-7,12-21H2,1-4H3,(H2,44,56)(H2,45,57)(H2,46,58)(H,47,60)(H,48,59)(H,49,65)(H,50,61)(H,51,64)(H,52,62)(H,53,63)/t23-,26-,27-,28-,29-,30+,31-,36-/m0/s1. The Bertz CT molecular complexity index is 2010. The number of primary amides is 3. The van der Waals surface area contributed by atoms with Crippen LogP contribution in [0.2, 0.25) is 0 Å². The molecule has 0 aromatic heterocycles. The topological polar surface area (TPSA) is 374 Å². The zero-order valence-electron chi connectivity index (χ0n) is 38.6. The molecular formula is C43H65N11O12S2. The fourth-order valence-electron chi connectivity index (χ4n) is 7.33. The molecule has 1 aromatic carbocycles. The molecule has 68 heavy (non-hydrogen) atoms. The number of phenolic OH excluding ortho intramolecular Hbond substituents is 1. The molecule has 0 saturated carbocycles. The van der Waals surface area contributed by atoms with E-state index in [0.717, 1.165) is 21.6 Å². The average Bonchev–Trinajstić information content (AvgIpc) is 3.77. The first-order valence-electron chi connectivity index (χ1n) is 22.4. The van der Waals surface area contributed by atoms with E-state index in [1.165, 1.54) is 17.0 Å². The van der Waals surface area contributed by atoms with Gasteiger partial charge in [-0.2, -0.15) is 0 Å². The summed E-state index contributed by atoms with van der Waals surface area (Å²) in [4.78, 5) is 148. The summed E-state index contributed by atoms with van der Waals surface area (Å²) in [5.41, 5.74) is 16.7. The second-order valence-electron chi connectivity index (χ2n) is 17.1. The molecule has 376 valence electrons. The highest BCUT2D eigenvalue weighted by Gasteiger charge is 2.41. The van der Waals surface area contributed by atoms with E-state index in [4.69, 9.17) is 17.2 Å². The third-order valence-electron chi connectivity index (χ3n) is 11.1. The Labute approximate surface area is 402 Å². The van der Waals surface area contributed by atoms with Crippen LogP contribution in [-0.4, -0.2) is 142 Å². The fraction of sp³-hybridized carbons (Fsp3) is 0.605. The SMILES string of the molecule is CC[C@H](C)[C@@H]1NC(=O)[C@H](Cc2ccc(O)cc2)NC(=O)CCSSC[C@H](C(=O)N2CCC[C@H]2C(=O)N[C@@H](CC(C)C)C(=O)NCC(N)=O)NC(=O)[C@H](CC(N)=O)NC(=O)[C@H](CCC(N)=O)NC1=O. The maximum Gasteiger partial charge on any atom is 0.246 e. The van der Waals surface area contributed by atoms with Gasteiger partial charge >= 0.3 is 0 Å². The number of carbonyl (C=O) groups excluding carboxylic acids is 11. The van der Waals surface area contributed by atoms with Crippen molar-refractivity contribution in [2.45, 2.75) is 128 Å². The number of hydrogen-bond acceptors (Lipinski definition) is 14. The number of rotatable bonds is 17. The van der Waals surface area contributed by atoms with Crippen LogP contribution in [0.1, 0.15) is 84.6 Å². The zero-order chi connectivity index (χ0) is 50.7. The van der Waals surface area contributed by atoms with E-state index in [9.17, 15) is 57.8 Å². The van der Waals surface area contributed by atoms with Crippen molar-refractivity contribution in [2.75, 3.05) is 24.6 Å². The number of aromatic hydroxyl groups is 1. The molecule has 0 radical (unpaired) electrons. The normalized spacial score (nSPS) is 23.4. The largest absolute Gasteiger partial charge is 0.508 e. The molecule has 2 saturated heterocycles. The quantitative estimate of drug-likeness (QED) is 0.0717. The first-order chi connectivity index (χ1) is 32.1. The number of benzene rings is 1. The Kier molecular flexibility index (Phi) is 22.9. The predicted molar refractivity (Wildman–Crippen MR) is 251 cm³/mol. The van der Waals surface area contributed by atoms with Crippen molar-refractivity contribution in [3.8, 4) is 5.75 Å². The van der Waals surface area contributed by atoms with Gasteiger partial charge in [-0.3, -0.25) is 52.7 Å². The molecule has 3 rings (SSSR count). The second-order valence-corrected chi connectivity index (χ2v) is 19.8. The number of nitrogens with zero attached hydrogens (tertiary/aromatic N) is 1. The highest BCUT2D eigenvalue weighted by molar-refractivity contribution is 8.76. The van der Waals surface area contributed by atoms with E-state index in [2.05, 4.69) is 37.2 Å². The first kappa shape index (κ1) is 56.2. The van der Waals surface area contributed by atoms with Crippen molar-refractivity contribution < 1.29 is 57.8 Å². The zero-order valence-corrected chi connectivity index (χ0v) is 40.3. The predicted octanol–water partition coefficient (Wildman–Crippen LogP) is -2.55. The number of phenols is 1. The molecule has 0 bridgehead atoms. The molecule has 8 atom stereocenters. The third-order valence-corrected chi connectivity index (χ3v) is 13.5. The number of nitrogens with two attached hydrogens (primary N) is 3. The Morgan fingerprint density at radius 2 is 1.46 bits per heavy atom. The van der Waals surface area contributed by atoms with Crippen LogP contribution < -0.4 is 54.4 Å². The Morgan fingerprint density at radius 1 is 0.809 bits per heavy atom. The van der Waals surface area contributed by atoms with Crippen LogP contribution in [0.4, 0.5) is 0 Å². The monoisotopic (exact) mass is 991 g/mol. The Morgan fingerprint density at radius 3 is 2.07 bits per heavy atom. The van der Waals surface area contributed by atoms with E-state index in [-0.39, 0.29) is 61.8 Å². The van der Waals surface area contributed by atoms with Crippen LogP contribution >= 0.6 is 21.6 Å². The van der Waals surface area contributed by atoms with Gasteiger partial charge in [-0.25, -0.2) is 0 Å². The Balaban J connectivity index is 2.02. The molecule has 1 aromatic rings. The summed E-state index contributed by atoms with van der Waals surface area (Å²) < 4.78 is 0. The number of likely N-dealkylation sites (tertiary alicyclic amines) is 1. The molecule has 2 aliphatic rings. The molecule has 2 fully saturated rings. The van der Waals surface area contributed by atoms with E-state index in [0.29, 0.717) is 18.4 Å². The fourth-order valence-corrected chi connectivity index (χ4v) is 9.47. The number of nitrogens with one attached hydrogen (secondary N) is 7. The van der Waals surface area contributed by atoms with Crippen LogP contribution in [-0.2, 0) is 59.2 Å². The number of amides is 11. The minimum atomic E-state index is -1.73. The molecular weight excluding hydrogens is 927 g/mol. The highest BCUT2D eigenvalue weighted by atomic mass is 33.1. The van der Waals surface area contributed by atoms with Gasteiger partial charge in [0, 0.05) is 37.3 Å². The molecule has 23 nitrogen and oxygen atoms in total. The summed E-state index contributed by atoms with van der Waals surface area (Å²) in [6.07, 6.45) is -0.630. The van der Waals surface area contributed by atoms with E-state index in [1.54, 1.807) is 26.0 Å². The van der Waals surface area contributed by atoms with E-state index in [1.807, 2.05) is 13.8 Å². The lowest BCUT2D eigenvalue weighted by molar-refractivity contribution is -0.142. The maximum atomic E-state index is 14.5. The lowest BCUT2D eigenvalue weighted by atomic mass is 9.96. The molecule has 25 heteroatoms. The molecule has 2 heterocycles. The van der Waals surface area contributed by atoms with Crippen LogP contribution in [0.5, 0.6) is 5.75 Å². The summed E-state index contributed by atoms with van der Waals surface area (Å²) in [5.74, 6) is -9.59. The minimum Gasteiger partial charge on any atom is -0.508 e. The van der Waals surface area contributed by atoms with Crippen LogP contribution in [0.25, 0.3) is 0 Å². The summed E-state index contributed by atoms with van der Waals surface area (Å²) in [6, 6.07) is -3.44. The van der Waals surface area contributed by atoms with Crippen molar-refractivity contribution in [2.24, 2.45) is 29.0 Å². The van der Waals surface area contributed by atoms with Gasteiger partial charge in [-0.15, -0.1) is 0 Å². The molecule has 0 aliphatic carbocycles. The van der Waals surface area contributed by atoms with Crippen molar-refractivity contribution >= 4 is 86.6 Å². The molecule has 0 unspecified atom stereocenters. The summed E-state index contributed by atoms with van der Waals surface area (Å²) >= 11 is 0. The lowest BCUT2D eigenvalue weighted by Crippen LogP contribution is -2.61. The lowest BCUT2D eigenvalue weighted by Gasteiger charge is -2.31. The van der Waals surface area contributed by atoms with Crippen molar-refractivity contribution in [1.82, 2.24) is 42.1 Å². The van der Waals surface area contributed by atoms with Gasteiger partial charge in [0.15, 0.2) is 0 Å². The highest BCUT2D eigenvalue weighted by Crippen LogP contribution is 2.26. The maximum absolute atomic E-state index is 14.5. The van der Waals surface area contributed by atoms with E-state index < -0.39 is 133 Å². The average molecular weight is 992 g/mol. The van der Waals surface area contributed by atoms with Gasteiger partial charge in [0.2, 0.25) is 65.0 Å². The van der Waals surface area contributed by atoms with Gasteiger partial charge in [0.05, 0.1) is 13.0 Å². The molecule has 0 spiro atoms. The summed E-state index contributed by atoms with van der Waals surface area (Å²) in [6.45, 7) is 6.68. The van der Waals surface area contributed by atoms with Crippen LogP contribution in [0.3, 0.4) is 0 Å². The smallest absolute Gasteiger partial charge is 0.246 e. The van der Waals surface area contributed by atoms with Crippen molar-refractivity contribution in [1.29, 1.82) is 0 Å². The van der Waals surface area contributed by atoms with Gasteiger partial charge in [-0.1, -0.05) is 67.8 Å². The van der Waals surface area contributed by atoms with Gasteiger partial charge in [-0.05, 0) is 55.2 Å². The number of carbonyl (C=O) groups is 11. The van der Waals surface area contributed by atoms with Crippen LogP contribution in [0.15, 0.2) is 24.3 Å². The van der Waals surface area contributed by atoms with Gasteiger partial charge in [0.1, 0.15) is 48.0 Å². The second kappa shape index (κ2) is 27.6. The van der Waals surface area contributed by atoms with Crippen LogP contribution in [0, 0.1) is 11.8 Å². The number of hydrogen-bond donors (Lipinski definition) is 11. The Hall–Kier alpha value is -6.11. The minimum absolute atomic E-state index is 0.0255. The van der Waals surface area contributed by atoms with Crippen molar-refractivity contribution in [3.05, 3.63) is 29.8 Å². The van der Waals surface area contributed by atoms with Gasteiger partial charge in [0.25, 0.3) is 0 Å². The van der Waals surface area contributed by atoms with E-state index >= 15 is 0 Å². The van der Waals surface area contributed by atoms with Gasteiger partial charge < -0.3 is 64.4 Å². The summed E-state index contributed by atoms with van der Waals surface area (Å²) in [5, 5.41) is 27.8. The molecule has 2 aliphatic heterocycles. The summed E-state index contributed by atoms with van der Waals surface area (Å²) in [7, 11) is 2.24. The molecule has 14 N–H and O–H groups in total. The third kappa shape index (κ3) is 18.5. The molecule has 11 amide bonds. The first-order valence-corrected chi connectivity index (χ1v) is 24.8.